The summed E-state index contributed by atoms with van der Waals surface area (Å²) in [6.07, 6.45) is 3.67. The van der Waals surface area contributed by atoms with Crippen LogP contribution in [0.25, 0.3) is 0 Å². The summed E-state index contributed by atoms with van der Waals surface area (Å²) in [5.74, 6) is -2.01. The van der Waals surface area contributed by atoms with E-state index in [-0.39, 0.29) is 20.5 Å². The van der Waals surface area contributed by atoms with Gasteiger partial charge in [0.25, 0.3) is 0 Å². The van der Waals surface area contributed by atoms with Crippen molar-refractivity contribution in [3.8, 4) is 0 Å². The lowest BCUT2D eigenvalue weighted by atomic mass is 9.52. The molecule has 0 saturated heterocycles. The molecule has 2 N–H and O–H groups in total. The van der Waals surface area contributed by atoms with E-state index in [1.807, 2.05) is 0 Å². The standard InChI is InChI=1S/C20H21F2IO8S/c21-20(22,32(27,28)29)11-30-15(24)13-3-1-2-4-14(13)16(25)31-19-7-12-5-17(23,9-19)8-18(26,6-12)10-19/h1-4,12,26H,5-11H2,(H,27,28,29). The maximum absolute atomic E-state index is 13.4. The van der Waals surface area contributed by atoms with Crippen LogP contribution in [0.5, 0.6) is 0 Å². The number of hydrogen-bond acceptors (Lipinski definition) is 7. The molecule has 4 aliphatic carbocycles. The first-order chi connectivity index (χ1) is 14.7. The van der Waals surface area contributed by atoms with Crippen molar-refractivity contribution < 1.29 is 45.9 Å². The summed E-state index contributed by atoms with van der Waals surface area (Å²) in [4.78, 5) is 25.4. The molecule has 4 aliphatic rings. The van der Waals surface area contributed by atoms with Gasteiger partial charge in [0.1, 0.15) is 5.60 Å². The second-order valence-corrected chi connectivity index (χ2v) is 13.0. The molecule has 4 saturated carbocycles. The minimum Gasteiger partial charge on any atom is -0.455 e. The minimum absolute atomic E-state index is 0.188. The van der Waals surface area contributed by atoms with Crippen LogP contribution in [0.4, 0.5) is 8.78 Å². The van der Waals surface area contributed by atoms with Crippen LogP contribution in [0, 0.1) is 5.92 Å². The van der Waals surface area contributed by atoms with Gasteiger partial charge in [-0.05, 0) is 43.7 Å². The Morgan fingerprint density at radius 2 is 1.72 bits per heavy atom. The number of benzene rings is 1. The van der Waals surface area contributed by atoms with Crippen LogP contribution in [-0.2, 0) is 19.6 Å². The van der Waals surface area contributed by atoms with E-state index >= 15 is 0 Å². The van der Waals surface area contributed by atoms with Crippen LogP contribution in [-0.4, -0.2) is 56.5 Å². The second-order valence-electron chi connectivity index (χ2n) is 9.19. The van der Waals surface area contributed by atoms with E-state index in [4.69, 9.17) is 9.29 Å². The van der Waals surface area contributed by atoms with Gasteiger partial charge in [-0.25, -0.2) is 9.59 Å². The van der Waals surface area contributed by atoms with E-state index in [1.54, 1.807) is 0 Å². The van der Waals surface area contributed by atoms with Crippen molar-refractivity contribution in [2.45, 2.75) is 58.4 Å². The van der Waals surface area contributed by atoms with Gasteiger partial charge in [-0.2, -0.15) is 17.2 Å². The van der Waals surface area contributed by atoms with Gasteiger partial charge in [-0.15, -0.1) is 0 Å². The van der Waals surface area contributed by atoms with Crippen LogP contribution in [0.15, 0.2) is 24.3 Å². The Kier molecular flexibility index (Phi) is 5.62. The van der Waals surface area contributed by atoms with E-state index in [2.05, 4.69) is 27.3 Å². The van der Waals surface area contributed by atoms with Crippen LogP contribution >= 0.6 is 22.6 Å². The largest absolute Gasteiger partial charge is 0.455 e. The van der Waals surface area contributed by atoms with Gasteiger partial charge in [-0.3, -0.25) is 4.55 Å². The van der Waals surface area contributed by atoms with Crippen molar-refractivity contribution in [3.63, 3.8) is 0 Å². The van der Waals surface area contributed by atoms with E-state index in [0.717, 1.165) is 12.5 Å². The Morgan fingerprint density at radius 1 is 1.09 bits per heavy atom. The molecule has 4 fully saturated rings. The van der Waals surface area contributed by atoms with Crippen molar-refractivity contribution >= 4 is 44.6 Å². The third-order valence-corrected chi connectivity index (χ3v) is 8.42. The molecule has 1 aromatic rings. The fourth-order valence-electron chi connectivity index (χ4n) is 5.69. The van der Waals surface area contributed by atoms with Crippen LogP contribution in [0.1, 0.15) is 59.2 Å². The monoisotopic (exact) mass is 586 g/mol. The highest BCUT2D eigenvalue weighted by Gasteiger charge is 2.64. The molecule has 8 nitrogen and oxygen atoms in total. The summed E-state index contributed by atoms with van der Waals surface area (Å²) in [5, 5.41) is 6.27. The number of ether oxygens (including phenoxy) is 2. The highest BCUT2D eigenvalue weighted by Crippen LogP contribution is 2.63. The van der Waals surface area contributed by atoms with Gasteiger partial charge < -0.3 is 14.6 Å². The molecule has 32 heavy (non-hydrogen) atoms. The van der Waals surface area contributed by atoms with Crippen LogP contribution in [0.2, 0.25) is 0 Å². The first-order valence-electron chi connectivity index (χ1n) is 9.91. The number of carbonyl (C=O) groups excluding carboxylic acids is 2. The van der Waals surface area contributed by atoms with Crippen LogP contribution in [0.3, 0.4) is 0 Å². The van der Waals surface area contributed by atoms with Crippen LogP contribution < -0.4 is 0 Å². The molecular weight excluding hydrogens is 565 g/mol. The summed E-state index contributed by atoms with van der Waals surface area (Å²) >= 11 is 2.32. The van der Waals surface area contributed by atoms with Gasteiger partial charge in [0.05, 0.1) is 16.7 Å². The Hall–Kier alpha value is -1.38. The molecule has 0 heterocycles. The molecule has 0 amide bonds. The van der Waals surface area contributed by atoms with Gasteiger partial charge in [0.2, 0.25) is 0 Å². The number of rotatable bonds is 6. The summed E-state index contributed by atoms with van der Waals surface area (Å²) in [6, 6.07) is 5.27. The number of hydrogen-bond donors (Lipinski definition) is 2. The van der Waals surface area contributed by atoms with Gasteiger partial charge in [0, 0.05) is 16.3 Å². The molecule has 4 atom stereocenters. The highest BCUT2D eigenvalue weighted by molar-refractivity contribution is 14.1. The maximum atomic E-state index is 13.4. The minimum atomic E-state index is -5.78. The van der Waals surface area contributed by atoms with Gasteiger partial charge in [-0.1, -0.05) is 34.7 Å². The summed E-state index contributed by atoms with van der Waals surface area (Å²) in [5.41, 5.74) is -2.41. The summed E-state index contributed by atoms with van der Waals surface area (Å²) in [6.45, 7) is -1.91. The normalized spacial score (nSPS) is 33.7. The molecular formula is C20H21F2IO8S. The van der Waals surface area contributed by atoms with Gasteiger partial charge in [0.15, 0.2) is 6.61 Å². The molecule has 176 valence electrons. The van der Waals surface area contributed by atoms with Crippen molar-refractivity contribution in [2.24, 2.45) is 5.92 Å². The van der Waals surface area contributed by atoms with Crippen molar-refractivity contribution in [1.82, 2.24) is 0 Å². The Balaban J connectivity index is 1.53. The highest BCUT2D eigenvalue weighted by atomic mass is 127. The molecule has 5 rings (SSSR count). The first kappa shape index (κ1) is 23.8. The molecule has 0 radical (unpaired) electrons. The quantitative estimate of drug-likeness (QED) is 0.226. The number of alkyl halides is 3. The molecule has 1 aromatic carbocycles. The third-order valence-electron chi connectivity index (χ3n) is 6.34. The predicted octanol–water partition coefficient (Wildman–Crippen LogP) is 3.12. The summed E-state index contributed by atoms with van der Waals surface area (Å²) < 4.78 is 66.8. The lowest BCUT2D eigenvalue weighted by Gasteiger charge is -2.62. The Bertz CT molecular complexity index is 1060. The topological polar surface area (TPSA) is 127 Å². The van der Waals surface area contributed by atoms with E-state index in [1.165, 1.54) is 18.2 Å². The molecule has 0 spiro atoms. The molecule has 4 bridgehead atoms. The van der Waals surface area contributed by atoms with E-state index in [9.17, 15) is 31.9 Å². The zero-order chi connectivity index (χ0) is 23.6. The van der Waals surface area contributed by atoms with E-state index in [0.29, 0.717) is 32.1 Å². The van der Waals surface area contributed by atoms with E-state index < -0.39 is 45.1 Å². The average molecular weight is 586 g/mol. The SMILES string of the molecule is O=C(OCC(F)(F)S(=O)(=O)O)c1ccccc1C(=O)OC12CC3CC(O)(CC(I)(C3)C1)C2. The maximum Gasteiger partial charge on any atom is 0.402 e. The zero-order valence-electron chi connectivity index (χ0n) is 16.7. The predicted molar refractivity (Wildman–Crippen MR) is 114 cm³/mol. The molecule has 0 aliphatic heterocycles. The fraction of sp³-hybridized carbons (Fsp3) is 0.600. The third kappa shape index (κ3) is 4.38. The number of carbonyl (C=O) groups is 2. The molecule has 4 unspecified atom stereocenters. The fourth-order valence-corrected chi connectivity index (χ4v) is 7.93. The smallest absolute Gasteiger partial charge is 0.402 e. The lowest BCUT2D eigenvalue weighted by Crippen LogP contribution is -2.65. The molecule has 0 aromatic heterocycles. The summed E-state index contributed by atoms with van der Waals surface area (Å²) in [7, 11) is -5.78. The molecule has 12 heteroatoms. The Labute approximate surface area is 196 Å². The van der Waals surface area contributed by atoms with Crippen molar-refractivity contribution in [3.05, 3.63) is 35.4 Å². The number of halogens is 3. The Morgan fingerprint density at radius 3 is 2.28 bits per heavy atom. The number of esters is 2. The van der Waals surface area contributed by atoms with Gasteiger partial charge >= 0.3 is 27.3 Å². The average Bonchev–Trinajstić information content (AvgIpc) is 2.62. The van der Waals surface area contributed by atoms with Crippen molar-refractivity contribution in [2.75, 3.05) is 6.61 Å². The number of aliphatic hydroxyl groups is 1. The first-order valence-corrected chi connectivity index (χ1v) is 12.4. The zero-order valence-corrected chi connectivity index (χ0v) is 19.7. The van der Waals surface area contributed by atoms with Crippen molar-refractivity contribution in [1.29, 1.82) is 0 Å². The second kappa shape index (κ2) is 7.57. The lowest BCUT2D eigenvalue weighted by molar-refractivity contribution is -0.187.